The maximum Gasteiger partial charge on any atom is 0.335 e. The average Bonchev–Trinajstić information content (AvgIpc) is 2.75. The summed E-state index contributed by atoms with van der Waals surface area (Å²) in [5.74, 6) is -0.905. The van der Waals surface area contributed by atoms with Gasteiger partial charge >= 0.3 is 5.97 Å². The monoisotopic (exact) mass is 457 g/mol. The molecule has 5 nitrogen and oxygen atoms in total. The SMILES string of the molecule is O=C(O)c1ccccc1CCCCCc1ccccc1NS(=O)(=O)c1ccc(Cl)cc1. The second-order valence-electron chi connectivity index (χ2n) is 7.24. The largest absolute Gasteiger partial charge is 0.478 e. The highest BCUT2D eigenvalue weighted by Crippen LogP contribution is 2.23. The summed E-state index contributed by atoms with van der Waals surface area (Å²) in [5, 5.41) is 9.75. The summed E-state index contributed by atoms with van der Waals surface area (Å²) >= 11 is 5.85. The van der Waals surface area contributed by atoms with E-state index >= 15 is 0 Å². The first-order chi connectivity index (χ1) is 14.9. The van der Waals surface area contributed by atoms with Crippen LogP contribution in [0.3, 0.4) is 0 Å². The number of para-hydroxylation sites is 1. The molecule has 31 heavy (non-hydrogen) atoms. The molecule has 0 fully saturated rings. The first-order valence-electron chi connectivity index (χ1n) is 10.0. The van der Waals surface area contributed by atoms with Crippen molar-refractivity contribution in [1.82, 2.24) is 0 Å². The molecule has 0 radical (unpaired) electrons. The van der Waals surface area contributed by atoms with E-state index in [4.69, 9.17) is 11.6 Å². The fourth-order valence-corrected chi connectivity index (χ4v) is 4.64. The minimum Gasteiger partial charge on any atom is -0.478 e. The molecule has 0 saturated heterocycles. The lowest BCUT2D eigenvalue weighted by atomic mass is 9.99. The van der Waals surface area contributed by atoms with Crippen molar-refractivity contribution >= 4 is 33.3 Å². The van der Waals surface area contributed by atoms with Crippen LogP contribution in [0.5, 0.6) is 0 Å². The van der Waals surface area contributed by atoms with Gasteiger partial charge in [0, 0.05) is 5.02 Å². The summed E-state index contributed by atoms with van der Waals surface area (Å²) in [6.45, 7) is 0. The maximum atomic E-state index is 12.7. The zero-order chi connectivity index (χ0) is 22.3. The number of benzene rings is 3. The van der Waals surface area contributed by atoms with Gasteiger partial charge in [0.2, 0.25) is 0 Å². The van der Waals surface area contributed by atoms with Crippen LogP contribution in [0.1, 0.15) is 40.7 Å². The second kappa shape index (κ2) is 10.5. The van der Waals surface area contributed by atoms with Gasteiger partial charge in [0.15, 0.2) is 0 Å². The Morgan fingerprint density at radius 3 is 2.06 bits per heavy atom. The number of hydrogen-bond donors (Lipinski definition) is 2. The molecular formula is C24H24ClNO4S. The van der Waals surface area contributed by atoms with E-state index in [9.17, 15) is 18.3 Å². The summed E-state index contributed by atoms with van der Waals surface area (Å²) in [4.78, 5) is 11.5. The van der Waals surface area contributed by atoms with Gasteiger partial charge in [0.05, 0.1) is 16.1 Å². The Hall–Kier alpha value is -2.83. The number of aryl methyl sites for hydroxylation is 2. The van der Waals surface area contributed by atoms with Crippen LogP contribution in [0, 0.1) is 0 Å². The molecule has 0 aliphatic carbocycles. The number of carboxylic acid groups (broad SMARTS) is 1. The van der Waals surface area contributed by atoms with E-state index in [1.807, 2.05) is 24.3 Å². The lowest BCUT2D eigenvalue weighted by Crippen LogP contribution is -2.14. The summed E-state index contributed by atoms with van der Waals surface area (Å²) in [7, 11) is -3.70. The van der Waals surface area contributed by atoms with Crippen molar-refractivity contribution in [3.05, 3.63) is 94.5 Å². The van der Waals surface area contributed by atoms with Crippen LogP contribution in [0.15, 0.2) is 77.7 Å². The van der Waals surface area contributed by atoms with Crippen LogP contribution in [0.4, 0.5) is 5.69 Å². The Labute approximate surface area is 187 Å². The van der Waals surface area contributed by atoms with Crippen LogP contribution in [0.25, 0.3) is 0 Å². The van der Waals surface area contributed by atoms with Crippen molar-refractivity contribution in [2.24, 2.45) is 0 Å². The number of anilines is 1. The predicted molar refractivity (Wildman–Crippen MR) is 123 cm³/mol. The van der Waals surface area contributed by atoms with Crippen molar-refractivity contribution < 1.29 is 18.3 Å². The lowest BCUT2D eigenvalue weighted by molar-refractivity contribution is 0.0695. The number of carbonyl (C=O) groups is 1. The molecule has 3 aromatic rings. The molecule has 3 rings (SSSR count). The molecule has 0 heterocycles. The van der Waals surface area contributed by atoms with E-state index in [0.717, 1.165) is 36.8 Å². The van der Waals surface area contributed by atoms with Crippen LogP contribution in [-0.4, -0.2) is 19.5 Å². The molecule has 7 heteroatoms. The van der Waals surface area contributed by atoms with Crippen LogP contribution < -0.4 is 4.72 Å². The third-order valence-corrected chi connectivity index (χ3v) is 6.66. The number of nitrogens with one attached hydrogen (secondary N) is 1. The summed E-state index contributed by atoms with van der Waals surface area (Å²) in [6, 6.07) is 20.5. The van der Waals surface area contributed by atoms with E-state index in [1.54, 1.807) is 36.4 Å². The molecular weight excluding hydrogens is 434 g/mol. The fraction of sp³-hybridized carbons (Fsp3) is 0.208. The van der Waals surface area contributed by atoms with Gasteiger partial charge in [-0.05, 0) is 73.2 Å². The van der Waals surface area contributed by atoms with Crippen molar-refractivity contribution in [1.29, 1.82) is 0 Å². The van der Waals surface area contributed by atoms with Gasteiger partial charge in [-0.2, -0.15) is 0 Å². The van der Waals surface area contributed by atoms with Gasteiger partial charge in [-0.1, -0.05) is 54.4 Å². The summed E-state index contributed by atoms with van der Waals surface area (Å²) in [6.07, 6.45) is 4.07. The normalized spacial score (nSPS) is 11.3. The number of sulfonamides is 1. The molecule has 2 N–H and O–H groups in total. The molecule has 162 valence electrons. The van der Waals surface area contributed by atoms with Gasteiger partial charge in [-0.25, -0.2) is 13.2 Å². The highest BCUT2D eigenvalue weighted by molar-refractivity contribution is 7.92. The maximum absolute atomic E-state index is 12.7. The molecule has 3 aromatic carbocycles. The second-order valence-corrected chi connectivity index (χ2v) is 9.36. The van der Waals surface area contributed by atoms with Crippen molar-refractivity contribution in [3.8, 4) is 0 Å². The number of hydrogen-bond acceptors (Lipinski definition) is 3. The van der Waals surface area contributed by atoms with Crippen LogP contribution in [-0.2, 0) is 22.9 Å². The van der Waals surface area contributed by atoms with E-state index in [2.05, 4.69) is 4.72 Å². The molecule has 0 unspecified atom stereocenters. The average molecular weight is 458 g/mol. The van der Waals surface area contributed by atoms with Gasteiger partial charge < -0.3 is 5.11 Å². The number of carboxylic acids is 1. The molecule has 0 saturated carbocycles. The third-order valence-electron chi connectivity index (χ3n) is 5.03. The van der Waals surface area contributed by atoms with Crippen molar-refractivity contribution in [2.45, 2.75) is 37.0 Å². The Balaban J connectivity index is 1.58. The smallest absolute Gasteiger partial charge is 0.335 e. The van der Waals surface area contributed by atoms with Crippen molar-refractivity contribution in [2.75, 3.05) is 4.72 Å². The van der Waals surface area contributed by atoms with E-state index in [-0.39, 0.29) is 4.90 Å². The molecule has 0 spiro atoms. The van der Waals surface area contributed by atoms with Gasteiger partial charge in [0.1, 0.15) is 0 Å². The topological polar surface area (TPSA) is 83.5 Å². The van der Waals surface area contributed by atoms with Crippen LogP contribution >= 0.6 is 11.6 Å². The van der Waals surface area contributed by atoms with Crippen molar-refractivity contribution in [3.63, 3.8) is 0 Å². The predicted octanol–water partition coefficient (Wildman–Crippen LogP) is 5.79. The lowest BCUT2D eigenvalue weighted by Gasteiger charge is -2.13. The molecule has 0 aliphatic heterocycles. The number of halogens is 1. The number of rotatable bonds is 10. The molecule has 0 atom stereocenters. The Kier molecular flexibility index (Phi) is 7.71. The quantitative estimate of drug-likeness (QED) is 0.377. The Morgan fingerprint density at radius 1 is 0.806 bits per heavy atom. The molecule has 0 aliphatic rings. The highest BCUT2D eigenvalue weighted by Gasteiger charge is 2.16. The number of aromatic carboxylic acids is 1. The van der Waals surface area contributed by atoms with Gasteiger partial charge in [0.25, 0.3) is 10.0 Å². The van der Waals surface area contributed by atoms with Gasteiger partial charge in [-0.15, -0.1) is 0 Å². The highest BCUT2D eigenvalue weighted by atomic mass is 35.5. The molecule has 0 aromatic heterocycles. The first-order valence-corrected chi connectivity index (χ1v) is 11.9. The fourth-order valence-electron chi connectivity index (χ4n) is 3.41. The minimum atomic E-state index is -3.70. The molecule has 0 amide bonds. The first kappa shape index (κ1) is 22.8. The number of unbranched alkanes of at least 4 members (excludes halogenated alkanes) is 2. The Morgan fingerprint density at radius 2 is 1.39 bits per heavy atom. The summed E-state index contributed by atoms with van der Waals surface area (Å²) < 4.78 is 28.0. The third kappa shape index (κ3) is 6.32. The van der Waals surface area contributed by atoms with E-state index < -0.39 is 16.0 Å². The zero-order valence-electron chi connectivity index (χ0n) is 16.9. The zero-order valence-corrected chi connectivity index (χ0v) is 18.5. The Bertz CT molecular complexity index is 1140. The van der Waals surface area contributed by atoms with E-state index in [1.165, 1.54) is 12.1 Å². The molecule has 0 bridgehead atoms. The summed E-state index contributed by atoms with van der Waals surface area (Å²) in [5.41, 5.74) is 2.68. The van der Waals surface area contributed by atoms with E-state index in [0.29, 0.717) is 22.7 Å². The standard InChI is InChI=1S/C24H24ClNO4S/c25-20-14-16-21(17-15-20)31(29,30)26-23-13-7-5-11-19(23)10-3-1-2-8-18-9-4-6-12-22(18)24(27)28/h4-7,9,11-17,26H,1-3,8,10H2,(H,27,28). The van der Waals surface area contributed by atoms with Crippen LogP contribution in [0.2, 0.25) is 5.02 Å². The van der Waals surface area contributed by atoms with Gasteiger partial charge in [-0.3, -0.25) is 4.72 Å². The minimum absolute atomic E-state index is 0.156.